The van der Waals surface area contributed by atoms with E-state index in [1.54, 1.807) is 17.0 Å². The second kappa shape index (κ2) is 9.79. The smallest absolute Gasteiger partial charge is 0.253 e. The Morgan fingerprint density at radius 3 is 2.44 bits per heavy atom. The van der Waals surface area contributed by atoms with Crippen LogP contribution in [0, 0.1) is 12.8 Å². The molecule has 2 saturated heterocycles. The molecule has 2 N–H and O–H groups in total. The Hall–Kier alpha value is -3.48. The summed E-state index contributed by atoms with van der Waals surface area (Å²) in [6.45, 7) is 4.96. The van der Waals surface area contributed by atoms with Gasteiger partial charge < -0.3 is 10.2 Å². The van der Waals surface area contributed by atoms with E-state index in [1.165, 1.54) is 0 Å². The molecular weight excluding hydrogens is 430 g/mol. The van der Waals surface area contributed by atoms with E-state index in [2.05, 4.69) is 10.6 Å². The maximum absolute atomic E-state index is 13.0. The van der Waals surface area contributed by atoms with E-state index >= 15 is 0 Å². The van der Waals surface area contributed by atoms with Crippen LogP contribution in [0.2, 0.25) is 0 Å². The first-order valence-corrected chi connectivity index (χ1v) is 11.9. The minimum absolute atomic E-state index is 0.0454. The summed E-state index contributed by atoms with van der Waals surface area (Å²) in [4.78, 5) is 51.8. The summed E-state index contributed by atoms with van der Waals surface area (Å²) >= 11 is 0. The van der Waals surface area contributed by atoms with Crippen molar-refractivity contribution in [2.75, 3.05) is 18.4 Å². The van der Waals surface area contributed by atoms with Crippen molar-refractivity contribution in [3.05, 3.63) is 65.2 Å². The third-order valence-electron chi connectivity index (χ3n) is 7.15. The normalized spacial score (nSPS) is 22.8. The maximum Gasteiger partial charge on any atom is 0.253 e. The molecule has 2 unspecified atom stereocenters. The van der Waals surface area contributed by atoms with Gasteiger partial charge in [0.1, 0.15) is 0 Å². The number of nitrogens with zero attached hydrogens (tertiary/aromatic N) is 1. The van der Waals surface area contributed by atoms with Gasteiger partial charge in [-0.3, -0.25) is 24.5 Å². The molecule has 2 aromatic carbocycles. The number of amides is 4. The molecule has 0 aromatic heterocycles. The molecule has 2 aliphatic heterocycles. The van der Waals surface area contributed by atoms with Crippen LogP contribution in [0.4, 0.5) is 5.69 Å². The maximum atomic E-state index is 13.0. The zero-order valence-electron chi connectivity index (χ0n) is 19.7. The molecule has 34 heavy (non-hydrogen) atoms. The van der Waals surface area contributed by atoms with E-state index in [4.69, 9.17) is 0 Å². The molecule has 0 spiro atoms. The average molecular weight is 462 g/mol. The van der Waals surface area contributed by atoms with Crippen LogP contribution in [0.5, 0.6) is 0 Å². The van der Waals surface area contributed by atoms with Gasteiger partial charge in [0.2, 0.25) is 17.7 Å². The van der Waals surface area contributed by atoms with Crippen molar-refractivity contribution in [3.8, 4) is 0 Å². The lowest BCUT2D eigenvalue weighted by atomic mass is 9.72. The summed E-state index contributed by atoms with van der Waals surface area (Å²) in [7, 11) is 0. The Morgan fingerprint density at radius 2 is 1.79 bits per heavy atom. The molecule has 2 atom stereocenters. The monoisotopic (exact) mass is 461 g/mol. The van der Waals surface area contributed by atoms with Gasteiger partial charge in [0.15, 0.2) is 0 Å². The molecule has 0 aliphatic carbocycles. The molecule has 2 fully saturated rings. The van der Waals surface area contributed by atoms with Crippen molar-refractivity contribution in [1.29, 1.82) is 0 Å². The fourth-order valence-electron chi connectivity index (χ4n) is 4.94. The van der Waals surface area contributed by atoms with Crippen LogP contribution in [0.15, 0.2) is 48.5 Å². The molecule has 2 aliphatic rings. The summed E-state index contributed by atoms with van der Waals surface area (Å²) in [6.07, 6.45) is 2.89. The number of hydrogen-bond acceptors (Lipinski definition) is 4. The van der Waals surface area contributed by atoms with Crippen molar-refractivity contribution < 1.29 is 19.2 Å². The van der Waals surface area contributed by atoms with Gasteiger partial charge in [0.25, 0.3) is 5.91 Å². The van der Waals surface area contributed by atoms with Crippen LogP contribution < -0.4 is 10.6 Å². The Kier molecular flexibility index (Phi) is 6.82. The molecule has 4 amide bonds. The summed E-state index contributed by atoms with van der Waals surface area (Å²) in [5.74, 6) is -0.930. The van der Waals surface area contributed by atoms with Crippen LogP contribution in [0.1, 0.15) is 60.5 Å². The number of nitrogens with one attached hydrogen (secondary N) is 2. The highest BCUT2D eigenvalue weighted by atomic mass is 16.2. The van der Waals surface area contributed by atoms with Gasteiger partial charge in [-0.25, -0.2) is 0 Å². The molecule has 0 radical (unpaired) electrons. The van der Waals surface area contributed by atoms with E-state index in [9.17, 15) is 19.2 Å². The van der Waals surface area contributed by atoms with Gasteiger partial charge in [-0.15, -0.1) is 0 Å². The molecule has 2 heterocycles. The van der Waals surface area contributed by atoms with Crippen LogP contribution in [0.3, 0.4) is 0 Å². The Bertz CT molecular complexity index is 1090. The van der Waals surface area contributed by atoms with Gasteiger partial charge in [0.05, 0.1) is 11.3 Å². The molecule has 0 bridgehead atoms. The molecule has 4 rings (SSSR count). The lowest BCUT2D eigenvalue weighted by Gasteiger charge is -2.35. The number of hydrogen-bond donors (Lipinski definition) is 2. The van der Waals surface area contributed by atoms with Crippen molar-refractivity contribution in [2.24, 2.45) is 5.92 Å². The average Bonchev–Trinajstić information content (AvgIpc) is 2.85. The molecule has 0 saturated carbocycles. The third-order valence-corrected chi connectivity index (χ3v) is 7.15. The molecule has 178 valence electrons. The second-order valence-electron chi connectivity index (χ2n) is 9.34. The van der Waals surface area contributed by atoms with Gasteiger partial charge in [-0.2, -0.15) is 0 Å². The topological polar surface area (TPSA) is 95.6 Å². The van der Waals surface area contributed by atoms with Crippen LogP contribution in [-0.4, -0.2) is 41.6 Å². The SMILES string of the molecule is CCC1(c2ccc(NC(=O)C3CCCN(C(=O)c4ccc(C)cc4)C3)cc2)CCC(=O)NC1=O. The van der Waals surface area contributed by atoms with Gasteiger partial charge >= 0.3 is 0 Å². The van der Waals surface area contributed by atoms with Crippen LogP contribution in [-0.2, 0) is 19.8 Å². The largest absolute Gasteiger partial charge is 0.338 e. The Labute approximate surface area is 199 Å². The molecular formula is C27H31N3O4. The number of imide groups is 1. The first-order chi connectivity index (χ1) is 16.3. The first kappa shape index (κ1) is 23.7. The number of benzene rings is 2. The number of carbonyl (C=O) groups is 4. The predicted molar refractivity (Wildman–Crippen MR) is 129 cm³/mol. The summed E-state index contributed by atoms with van der Waals surface area (Å²) in [5, 5.41) is 5.42. The van der Waals surface area contributed by atoms with E-state index in [0.717, 1.165) is 24.0 Å². The molecule has 7 heteroatoms. The van der Waals surface area contributed by atoms with Crippen LogP contribution >= 0.6 is 0 Å². The van der Waals surface area contributed by atoms with Crippen molar-refractivity contribution in [2.45, 2.75) is 51.4 Å². The van der Waals surface area contributed by atoms with Crippen molar-refractivity contribution in [1.82, 2.24) is 10.2 Å². The van der Waals surface area contributed by atoms with Crippen molar-refractivity contribution in [3.63, 3.8) is 0 Å². The van der Waals surface area contributed by atoms with Crippen LogP contribution in [0.25, 0.3) is 0 Å². The highest BCUT2D eigenvalue weighted by Crippen LogP contribution is 2.36. The standard InChI is InChI=1S/C27H31N3O4/c1-3-27(15-14-23(31)29-26(27)34)21-10-12-22(13-11-21)28-24(32)20-5-4-16-30(17-20)25(33)19-8-6-18(2)7-9-19/h6-13,20H,3-5,14-17H2,1-2H3,(H,28,32)(H,29,31,34). The van der Waals surface area contributed by atoms with Gasteiger partial charge in [-0.1, -0.05) is 36.8 Å². The Morgan fingerprint density at radius 1 is 1.09 bits per heavy atom. The first-order valence-electron chi connectivity index (χ1n) is 11.9. The molecule has 2 aromatic rings. The highest BCUT2D eigenvalue weighted by Gasteiger charge is 2.42. The zero-order chi connectivity index (χ0) is 24.3. The Balaban J connectivity index is 1.40. The van der Waals surface area contributed by atoms with Crippen molar-refractivity contribution >= 4 is 29.3 Å². The zero-order valence-corrected chi connectivity index (χ0v) is 19.7. The minimum atomic E-state index is -0.726. The number of anilines is 1. The fraction of sp³-hybridized carbons (Fsp3) is 0.407. The quantitative estimate of drug-likeness (QED) is 0.666. The third kappa shape index (κ3) is 4.74. The minimum Gasteiger partial charge on any atom is -0.338 e. The number of aryl methyl sites for hydroxylation is 1. The number of likely N-dealkylation sites (tertiary alicyclic amines) is 1. The molecule has 7 nitrogen and oxygen atoms in total. The number of rotatable bonds is 5. The lowest BCUT2D eigenvalue weighted by molar-refractivity contribution is -0.138. The highest BCUT2D eigenvalue weighted by molar-refractivity contribution is 6.03. The summed E-state index contributed by atoms with van der Waals surface area (Å²) < 4.78 is 0. The summed E-state index contributed by atoms with van der Waals surface area (Å²) in [6, 6.07) is 14.8. The number of piperidine rings is 2. The van der Waals surface area contributed by atoms with Gasteiger partial charge in [0, 0.05) is 30.8 Å². The van der Waals surface area contributed by atoms with Gasteiger partial charge in [-0.05, 0) is 62.4 Å². The van der Waals surface area contributed by atoms with E-state index in [0.29, 0.717) is 43.6 Å². The number of carbonyl (C=O) groups excluding carboxylic acids is 4. The lowest BCUT2D eigenvalue weighted by Crippen LogP contribution is -2.51. The van der Waals surface area contributed by atoms with E-state index in [-0.39, 0.29) is 29.5 Å². The fourth-order valence-corrected chi connectivity index (χ4v) is 4.94. The summed E-state index contributed by atoms with van der Waals surface area (Å²) in [5.41, 5.74) is 2.50. The predicted octanol–water partition coefficient (Wildman–Crippen LogP) is 3.57. The second-order valence-corrected chi connectivity index (χ2v) is 9.34. The van der Waals surface area contributed by atoms with E-state index < -0.39 is 5.41 Å². The van der Waals surface area contributed by atoms with E-state index in [1.807, 2.05) is 50.2 Å².